The Hall–Kier alpha value is 0. The second-order valence-corrected chi connectivity index (χ2v) is 8.81. The highest BCUT2D eigenvalue weighted by Gasteiger charge is 2.26. The lowest BCUT2D eigenvalue weighted by Gasteiger charge is -2.33. The van der Waals surface area contributed by atoms with Crippen LogP contribution in [0.25, 0.3) is 0 Å². The minimum absolute atomic E-state index is 0.991. The molecule has 0 heterocycles. The van der Waals surface area contributed by atoms with E-state index in [9.17, 15) is 0 Å². The largest absolute Gasteiger partial charge is 0.0654 e. The maximum Gasteiger partial charge on any atom is -0.0381 e. The van der Waals surface area contributed by atoms with E-state index in [4.69, 9.17) is 0 Å². The summed E-state index contributed by atoms with van der Waals surface area (Å²) in [7, 11) is 0. The summed E-state index contributed by atoms with van der Waals surface area (Å²) in [4.78, 5) is 0. The standard InChI is InChI=1S/C25H52/c1-7-13-19-24(18-12-6)25(20-22(14-8-2)15-9-3)21-23(16-10-4)17-11-5/h22-25H,7-21H2,1-6H3. The predicted molar refractivity (Wildman–Crippen MR) is 117 cm³/mol. The Morgan fingerprint density at radius 2 is 0.800 bits per heavy atom. The van der Waals surface area contributed by atoms with Crippen LogP contribution in [0, 0.1) is 23.7 Å². The molecule has 1 atom stereocenters. The molecule has 25 heavy (non-hydrogen) atoms. The number of unbranched alkanes of at least 4 members (excludes halogenated alkanes) is 1. The summed E-state index contributed by atoms with van der Waals surface area (Å²) >= 11 is 0. The maximum absolute atomic E-state index is 2.40. The van der Waals surface area contributed by atoms with Crippen molar-refractivity contribution in [2.75, 3.05) is 0 Å². The molecule has 0 aliphatic heterocycles. The molecule has 0 aliphatic carbocycles. The molecule has 0 saturated carbocycles. The molecular formula is C25H52. The van der Waals surface area contributed by atoms with Gasteiger partial charge in [0, 0.05) is 0 Å². The van der Waals surface area contributed by atoms with Crippen LogP contribution in [0.2, 0.25) is 0 Å². The topological polar surface area (TPSA) is 0 Å². The zero-order valence-electron chi connectivity index (χ0n) is 18.9. The first-order chi connectivity index (χ1) is 12.2. The van der Waals surface area contributed by atoms with E-state index in [0.29, 0.717) is 0 Å². The fourth-order valence-electron chi connectivity index (χ4n) is 5.18. The fraction of sp³-hybridized carbons (Fsp3) is 1.00. The first kappa shape index (κ1) is 25.0. The minimum Gasteiger partial charge on any atom is -0.0654 e. The molecule has 0 spiro atoms. The van der Waals surface area contributed by atoms with Crippen molar-refractivity contribution in [1.82, 2.24) is 0 Å². The highest BCUT2D eigenvalue weighted by Crippen LogP contribution is 2.38. The molecule has 0 aromatic rings. The molecule has 0 amide bonds. The van der Waals surface area contributed by atoms with Crippen LogP contribution in [-0.2, 0) is 0 Å². The highest BCUT2D eigenvalue weighted by molar-refractivity contribution is 4.77. The molecule has 152 valence electrons. The zero-order chi connectivity index (χ0) is 18.9. The van der Waals surface area contributed by atoms with Gasteiger partial charge in [0.1, 0.15) is 0 Å². The first-order valence-electron chi connectivity index (χ1n) is 12.2. The summed E-state index contributed by atoms with van der Waals surface area (Å²) in [5.74, 6) is 3.98. The van der Waals surface area contributed by atoms with E-state index in [2.05, 4.69) is 41.5 Å². The highest BCUT2D eigenvalue weighted by atomic mass is 14.3. The Bertz CT molecular complexity index is 227. The van der Waals surface area contributed by atoms with Crippen molar-refractivity contribution < 1.29 is 0 Å². The molecule has 0 aromatic heterocycles. The third-order valence-corrected chi connectivity index (χ3v) is 6.31. The normalized spacial score (nSPS) is 13.3. The monoisotopic (exact) mass is 352 g/mol. The van der Waals surface area contributed by atoms with Crippen molar-refractivity contribution in [3.63, 3.8) is 0 Å². The van der Waals surface area contributed by atoms with Crippen LogP contribution in [0.5, 0.6) is 0 Å². The van der Waals surface area contributed by atoms with Crippen LogP contribution < -0.4 is 0 Å². The Kier molecular flexibility index (Phi) is 17.4. The van der Waals surface area contributed by atoms with Gasteiger partial charge in [-0.1, -0.05) is 125 Å². The summed E-state index contributed by atoms with van der Waals surface area (Å²) in [6.45, 7) is 14.3. The summed E-state index contributed by atoms with van der Waals surface area (Å²) in [5.41, 5.74) is 0. The third kappa shape index (κ3) is 12.1. The van der Waals surface area contributed by atoms with Gasteiger partial charge in [0.15, 0.2) is 0 Å². The van der Waals surface area contributed by atoms with Crippen LogP contribution in [-0.4, -0.2) is 0 Å². The lowest BCUT2D eigenvalue weighted by Crippen LogP contribution is -2.22. The summed E-state index contributed by atoms with van der Waals surface area (Å²) < 4.78 is 0. The van der Waals surface area contributed by atoms with Gasteiger partial charge in [-0.2, -0.15) is 0 Å². The average Bonchev–Trinajstić information content (AvgIpc) is 2.59. The second kappa shape index (κ2) is 17.4. The van der Waals surface area contributed by atoms with E-state index in [0.717, 1.165) is 23.7 Å². The quantitative estimate of drug-likeness (QED) is 0.230. The maximum atomic E-state index is 2.40. The fourth-order valence-corrected chi connectivity index (χ4v) is 5.18. The lowest BCUT2D eigenvalue weighted by atomic mass is 9.72. The average molecular weight is 353 g/mol. The number of hydrogen-bond acceptors (Lipinski definition) is 0. The van der Waals surface area contributed by atoms with E-state index in [1.807, 2.05) is 0 Å². The van der Waals surface area contributed by atoms with Crippen LogP contribution in [0.1, 0.15) is 138 Å². The summed E-state index contributed by atoms with van der Waals surface area (Å²) in [6.07, 6.45) is 21.5. The Morgan fingerprint density at radius 3 is 1.12 bits per heavy atom. The molecule has 0 aliphatic rings. The molecule has 0 bridgehead atoms. The van der Waals surface area contributed by atoms with Crippen LogP contribution in [0.3, 0.4) is 0 Å². The lowest BCUT2D eigenvalue weighted by molar-refractivity contribution is 0.178. The summed E-state index contributed by atoms with van der Waals surface area (Å²) in [5, 5.41) is 0. The molecule has 0 saturated heterocycles. The van der Waals surface area contributed by atoms with E-state index >= 15 is 0 Å². The zero-order valence-corrected chi connectivity index (χ0v) is 18.9. The van der Waals surface area contributed by atoms with Crippen LogP contribution >= 0.6 is 0 Å². The smallest absolute Gasteiger partial charge is 0.0381 e. The van der Waals surface area contributed by atoms with Crippen molar-refractivity contribution in [3.8, 4) is 0 Å². The molecule has 0 fully saturated rings. The molecule has 0 heteroatoms. The molecule has 0 N–H and O–H groups in total. The minimum atomic E-state index is 0.991. The van der Waals surface area contributed by atoms with Crippen LogP contribution in [0.15, 0.2) is 0 Å². The van der Waals surface area contributed by atoms with Crippen molar-refractivity contribution in [2.24, 2.45) is 23.7 Å². The van der Waals surface area contributed by atoms with E-state index in [1.165, 1.54) is 96.3 Å². The summed E-state index contributed by atoms with van der Waals surface area (Å²) in [6, 6.07) is 0. The van der Waals surface area contributed by atoms with Gasteiger partial charge >= 0.3 is 0 Å². The van der Waals surface area contributed by atoms with Crippen molar-refractivity contribution in [2.45, 2.75) is 138 Å². The van der Waals surface area contributed by atoms with Crippen molar-refractivity contribution in [1.29, 1.82) is 0 Å². The third-order valence-electron chi connectivity index (χ3n) is 6.31. The van der Waals surface area contributed by atoms with Crippen molar-refractivity contribution in [3.05, 3.63) is 0 Å². The van der Waals surface area contributed by atoms with Crippen LogP contribution in [0.4, 0.5) is 0 Å². The Labute approximate surface area is 161 Å². The molecular weight excluding hydrogens is 300 g/mol. The van der Waals surface area contributed by atoms with E-state index in [1.54, 1.807) is 0 Å². The Balaban J connectivity index is 5.12. The first-order valence-corrected chi connectivity index (χ1v) is 12.2. The van der Waals surface area contributed by atoms with E-state index < -0.39 is 0 Å². The van der Waals surface area contributed by atoms with Gasteiger partial charge in [-0.25, -0.2) is 0 Å². The van der Waals surface area contributed by atoms with Gasteiger partial charge in [-0.15, -0.1) is 0 Å². The van der Waals surface area contributed by atoms with Gasteiger partial charge in [0.25, 0.3) is 0 Å². The Morgan fingerprint density at radius 1 is 0.400 bits per heavy atom. The van der Waals surface area contributed by atoms with E-state index in [-0.39, 0.29) is 0 Å². The van der Waals surface area contributed by atoms with Gasteiger partial charge in [-0.05, 0) is 36.5 Å². The molecule has 0 aromatic carbocycles. The van der Waals surface area contributed by atoms with Gasteiger partial charge in [0.05, 0.1) is 0 Å². The predicted octanol–water partition coefficient (Wildman–Crippen LogP) is 9.42. The molecule has 0 nitrogen and oxygen atoms in total. The molecule has 0 radical (unpaired) electrons. The van der Waals surface area contributed by atoms with Gasteiger partial charge < -0.3 is 0 Å². The van der Waals surface area contributed by atoms with Crippen molar-refractivity contribution >= 4 is 0 Å². The SMILES string of the molecule is CCCCC(CCC)C(CC(CCC)CCC)CC(CCC)CCC. The van der Waals surface area contributed by atoms with Gasteiger partial charge in [0.2, 0.25) is 0 Å². The second-order valence-electron chi connectivity index (χ2n) is 8.81. The number of rotatable bonds is 18. The molecule has 1 unspecified atom stereocenters. The number of hydrogen-bond donors (Lipinski definition) is 0. The van der Waals surface area contributed by atoms with Gasteiger partial charge in [-0.3, -0.25) is 0 Å². The molecule has 0 rings (SSSR count).